The Morgan fingerprint density at radius 2 is 1.88 bits per heavy atom. The minimum atomic E-state index is 0.210. The molecule has 1 atom stereocenters. The van der Waals surface area contributed by atoms with Gasteiger partial charge in [0.05, 0.1) is 5.56 Å². The fourth-order valence-electron chi connectivity index (χ4n) is 3.52. The van der Waals surface area contributed by atoms with Crippen LogP contribution in [-0.2, 0) is 6.42 Å². The van der Waals surface area contributed by atoms with Crippen molar-refractivity contribution in [2.24, 2.45) is 5.92 Å². The largest absolute Gasteiger partial charge is 0.507 e. The molecule has 0 radical (unpaired) electrons. The molecule has 0 aromatic heterocycles. The molecule has 0 saturated heterocycles. The lowest BCUT2D eigenvalue weighted by Crippen LogP contribution is -2.10. The van der Waals surface area contributed by atoms with Crippen LogP contribution in [0.2, 0.25) is 0 Å². The summed E-state index contributed by atoms with van der Waals surface area (Å²) in [6, 6.07) is 3.65. The molecule has 132 valence electrons. The molecule has 2 N–H and O–H groups in total. The normalized spacial score (nSPS) is 18.0. The molecule has 1 unspecified atom stereocenters. The zero-order valence-electron chi connectivity index (χ0n) is 14.9. The molecule has 2 rings (SSSR count). The number of aryl methyl sites for hydroxylation is 1. The maximum absolute atomic E-state index is 10.5. The lowest BCUT2D eigenvalue weighted by Gasteiger charge is -2.27. The molecule has 0 aliphatic heterocycles. The molecule has 2 nitrogen and oxygen atoms in total. The highest BCUT2D eigenvalue weighted by atomic mass is 79.9. The van der Waals surface area contributed by atoms with Gasteiger partial charge in [0, 0.05) is 5.33 Å². The van der Waals surface area contributed by atoms with Crippen molar-refractivity contribution >= 4 is 21.5 Å². The van der Waals surface area contributed by atoms with E-state index in [0.29, 0.717) is 11.5 Å². The molecule has 0 amide bonds. The summed E-state index contributed by atoms with van der Waals surface area (Å²) in [7, 11) is 0. The van der Waals surface area contributed by atoms with Gasteiger partial charge in [-0.15, -0.1) is 0 Å². The Morgan fingerprint density at radius 3 is 2.46 bits per heavy atom. The first kappa shape index (κ1) is 19.1. The van der Waals surface area contributed by atoms with Crippen LogP contribution in [0.1, 0.15) is 63.5 Å². The standard InChI is InChI=1S/C21H29BrO2/c1-14(2)17-9-8-15(3)18(13-17)21-19(23)11-16(12-20(21)24)7-5-4-6-10-22/h11-12,17,23-24H,1,4-10,13H2,2-3H3. The van der Waals surface area contributed by atoms with Crippen LogP contribution in [0, 0.1) is 5.92 Å². The van der Waals surface area contributed by atoms with Crippen molar-refractivity contribution < 1.29 is 10.2 Å². The monoisotopic (exact) mass is 392 g/mol. The van der Waals surface area contributed by atoms with Gasteiger partial charge in [0.1, 0.15) is 11.5 Å². The minimum Gasteiger partial charge on any atom is -0.507 e. The zero-order chi connectivity index (χ0) is 17.7. The third kappa shape index (κ3) is 4.66. The maximum Gasteiger partial charge on any atom is 0.127 e. The van der Waals surface area contributed by atoms with Crippen molar-refractivity contribution in [3.63, 3.8) is 0 Å². The van der Waals surface area contributed by atoms with Crippen LogP contribution in [0.5, 0.6) is 11.5 Å². The van der Waals surface area contributed by atoms with E-state index in [4.69, 9.17) is 0 Å². The molecular weight excluding hydrogens is 364 g/mol. The molecule has 0 spiro atoms. The average Bonchev–Trinajstić information content (AvgIpc) is 2.52. The Hall–Kier alpha value is -1.22. The lowest BCUT2D eigenvalue weighted by atomic mass is 9.78. The number of rotatable bonds is 7. The predicted octanol–water partition coefficient (Wildman–Crippen LogP) is 6.36. The van der Waals surface area contributed by atoms with Crippen LogP contribution in [0.15, 0.2) is 29.9 Å². The number of phenolic OH excluding ortho intramolecular Hbond substituents is 2. The number of unbranched alkanes of at least 4 members (excludes halogenated alkanes) is 2. The van der Waals surface area contributed by atoms with Crippen molar-refractivity contribution in [1.82, 2.24) is 0 Å². The third-order valence-electron chi connectivity index (χ3n) is 5.09. The number of allylic oxidation sites excluding steroid dienone is 3. The molecule has 0 saturated carbocycles. The van der Waals surface area contributed by atoms with Crippen LogP contribution in [0.4, 0.5) is 0 Å². The van der Waals surface area contributed by atoms with Crippen LogP contribution < -0.4 is 0 Å². The Kier molecular flexibility index (Phi) is 6.97. The molecule has 0 heterocycles. The molecule has 0 bridgehead atoms. The lowest BCUT2D eigenvalue weighted by molar-refractivity contribution is 0.443. The van der Waals surface area contributed by atoms with Crippen LogP contribution in [0.3, 0.4) is 0 Å². The van der Waals surface area contributed by atoms with Gasteiger partial charge in [-0.05, 0) is 81.6 Å². The molecule has 3 heteroatoms. The number of phenols is 2. The van der Waals surface area contributed by atoms with Gasteiger partial charge in [0.15, 0.2) is 0 Å². The van der Waals surface area contributed by atoms with E-state index >= 15 is 0 Å². The SMILES string of the molecule is C=C(C)C1CCC(C)=C(c2c(O)cc(CCCCCBr)cc2O)C1. The van der Waals surface area contributed by atoms with E-state index in [1.54, 1.807) is 0 Å². The minimum absolute atomic E-state index is 0.210. The second-order valence-electron chi connectivity index (χ2n) is 7.05. The van der Waals surface area contributed by atoms with Gasteiger partial charge in [-0.2, -0.15) is 0 Å². The summed E-state index contributed by atoms with van der Waals surface area (Å²) in [5, 5.41) is 22.1. The van der Waals surface area contributed by atoms with Crippen LogP contribution in [-0.4, -0.2) is 15.5 Å². The highest BCUT2D eigenvalue weighted by Crippen LogP contribution is 2.44. The van der Waals surface area contributed by atoms with E-state index in [2.05, 4.69) is 36.4 Å². The van der Waals surface area contributed by atoms with Crippen molar-refractivity contribution in [2.45, 2.75) is 58.8 Å². The van der Waals surface area contributed by atoms with Gasteiger partial charge in [-0.3, -0.25) is 0 Å². The summed E-state index contributed by atoms with van der Waals surface area (Å²) in [6.07, 6.45) is 7.23. The molecule has 1 aromatic rings. The van der Waals surface area contributed by atoms with E-state index in [1.165, 1.54) is 11.1 Å². The van der Waals surface area contributed by atoms with Crippen molar-refractivity contribution in [2.75, 3.05) is 5.33 Å². The predicted molar refractivity (Wildman–Crippen MR) is 106 cm³/mol. The highest BCUT2D eigenvalue weighted by molar-refractivity contribution is 9.09. The first-order valence-electron chi connectivity index (χ1n) is 8.89. The van der Waals surface area contributed by atoms with Gasteiger partial charge in [0.2, 0.25) is 0 Å². The number of alkyl halides is 1. The number of aromatic hydroxyl groups is 2. The first-order valence-corrected chi connectivity index (χ1v) is 10.0. The summed E-state index contributed by atoms with van der Waals surface area (Å²) < 4.78 is 0. The summed E-state index contributed by atoms with van der Waals surface area (Å²) in [5.41, 5.74) is 5.18. The molecule has 1 aliphatic rings. The van der Waals surface area contributed by atoms with E-state index in [0.717, 1.165) is 61.4 Å². The van der Waals surface area contributed by atoms with Gasteiger partial charge in [0.25, 0.3) is 0 Å². The molecule has 1 aliphatic carbocycles. The van der Waals surface area contributed by atoms with Crippen LogP contribution in [0.25, 0.3) is 5.57 Å². The van der Waals surface area contributed by atoms with Gasteiger partial charge >= 0.3 is 0 Å². The summed E-state index contributed by atoms with van der Waals surface area (Å²) in [4.78, 5) is 0. The number of hydrogen-bond donors (Lipinski definition) is 2. The Morgan fingerprint density at radius 1 is 1.21 bits per heavy atom. The number of halogens is 1. The second kappa shape index (κ2) is 8.75. The van der Waals surface area contributed by atoms with Crippen molar-refractivity contribution in [1.29, 1.82) is 0 Å². The Balaban J connectivity index is 2.22. The fraction of sp³-hybridized carbons (Fsp3) is 0.524. The average molecular weight is 393 g/mol. The number of benzene rings is 1. The number of hydrogen-bond acceptors (Lipinski definition) is 2. The third-order valence-corrected chi connectivity index (χ3v) is 5.65. The maximum atomic E-state index is 10.5. The van der Waals surface area contributed by atoms with E-state index < -0.39 is 0 Å². The van der Waals surface area contributed by atoms with Gasteiger partial charge < -0.3 is 10.2 Å². The Labute approximate surface area is 154 Å². The summed E-state index contributed by atoms with van der Waals surface area (Å²) >= 11 is 3.44. The zero-order valence-corrected chi connectivity index (χ0v) is 16.5. The highest BCUT2D eigenvalue weighted by Gasteiger charge is 2.24. The summed E-state index contributed by atoms with van der Waals surface area (Å²) in [5.74, 6) is 0.857. The second-order valence-corrected chi connectivity index (χ2v) is 7.85. The van der Waals surface area contributed by atoms with E-state index in [9.17, 15) is 10.2 Å². The summed E-state index contributed by atoms with van der Waals surface area (Å²) in [6.45, 7) is 8.27. The molecule has 0 fully saturated rings. The topological polar surface area (TPSA) is 40.5 Å². The van der Waals surface area contributed by atoms with E-state index in [-0.39, 0.29) is 11.5 Å². The first-order chi connectivity index (χ1) is 11.4. The Bertz CT molecular complexity index is 608. The fourth-order valence-corrected chi connectivity index (χ4v) is 3.92. The van der Waals surface area contributed by atoms with Gasteiger partial charge in [-0.25, -0.2) is 0 Å². The molecular formula is C21H29BrO2. The van der Waals surface area contributed by atoms with E-state index in [1.807, 2.05) is 12.1 Å². The quantitative estimate of drug-likeness (QED) is 0.322. The molecule has 24 heavy (non-hydrogen) atoms. The van der Waals surface area contributed by atoms with Crippen LogP contribution >= 0.6 is 15.9 Å². The smallest absolute Gasteiger partial charge is 0.127 e. The van der Waals surface area contributed by atoms with Crippen molar-refractivity contribution in [3.8, 4) is 11.5 Å². The molecule has 1 aromatic carbocycles. The van der Waals surface area contributed by atoms with Gasteiger partial charge in [-0.1, -0.05) is 40.1 Å². The van der Waals surface area contributed by atoms with Crippen molar-refractivity contribution in [3.05, 3.63) is 41.0 Å².